The highest BCUT2D eigenvalue weighted by Gasteiger charge is 2.10. The van der Waals surface area contributed by atoms with Crippen LogP contribution in [-0.2, 0) is 10.0 Å². The molecule has 0 bridgehead atoms. The number of anilines is 1. The minimum atomic E-state index is -3.37. The number of phenolic OH excluding ortho intramolecular Hbond substituents is 1. The van der Waals surface area contributed by atoms with Crippen molar-refractivity contribution in [3.05, 3.63) is 66.2 Å². The third kappa shape index (κ3) is 6.29. The van der Waals surface area contributed by atoms with Gasteiger partial charge in [-0.05, 0) is 42.0 Å². The lowest BCUT2D eigenvalue weighted by atomic mass is 10.1. The fourth-order valence-corrected chi connectivity index (χ4v) is 4.14. The van der Waals surface area contributed by atoms with Gasteiger partial charge in [0.05, 0.1) is 23.4 Å². The Morgan fingerprint density at radius 2 is 1.76 bits per heavy atom. The molecule has 1 unspecified atom stereocenters. The third-order valence-corrected chi connectivity index (χ3v) is 5.62. The molecule has 0 amide bonds. The number of halogens is 1. The van der Waals surface area contributed by atoms with E-state index in [1.165, 1.54) is 0 Å². The number of sulfonamides is 1. The maximum absolute atomic E-state index is 11.4. The average molecular weight is 492 g/mol. The first-order valence-corrected chi connectivity index (χ1v) is 12.0. The van der Waals surface area contributed by atoms with E-state index in [4.69, 9.17) is 4.74 Å². The molecule has 176 valence electrons. The number of phenols is 1. The molecule has 0 saturated heterocycles. The summed E-state index contributed by atoms with van der Waals surface area (Å²) in [5.74, 6) is 0.933. The van der Waals surface area contributed by atoms with Gasteiger partial charge in [-0.2, -0.15) is 0 Å². The van der Waals surface area contributed by atoms with Crippen molar-refractivity contribution in [2.75, 3.05) is 30.7 Å². The first-order chi connectivity index (χ1) is 15.3. The van der Waals surface area contributed by atoms with Gasteiger partial charge < -0.3 is 25.3 Å². The van der Waals surface area contributed by atoms with E-state index in [-0.39, 0.29) is 18.2 Å². The van der Waals surface area contributed by atoms with Crippen molar-refractivity contribution < 1.29 is 23.4 Å². The molecule has 3 aromatic carbocycles. The van der Waals surface area contributed by atoms with Crippen molar-refractivity contribution in [2.24, 2.45) is 0 Å². The van der Waals surface area contributed by atoms with Crippen molar-refractivity contribution in [3.63, 3.8) is 0 Å². The topological polar surface area (TPSA) is 124 Å². The second-order valence-corrected chi connectivity index (χ2v) is 9.38. The number of ether oxygens (including phenoxy) is 1. The van der Waals surface area contributed by atoms with E-state index in [1.54, 1.807) is 36.4 Å². The van der Waals surface area contributed by atoms with E-state index in [9.17, 15) is 18.6 Å². The number of hydrogen-bond donors (Lipinski definition) is 5. The first kappa shape index (κ1) is 24.7. The molecule has 1 aromatic heterocycles. The maximum atomic E-state index is 11.4. The molecule has 0 saturated carbocycles. The zero-order valence-electron chi connectivity index (χ0n) is 17.9. The van der Waals surface area contributed by atoms with Crippen molar-refractivity contribution in [1.82, 2.24) is 10.3 Å². The van der Waals surface area contributed by atoms with Crippen LogP contribution in [0.2, 0.25) is 0 Å². The number of H-pyrrole nitrogens is 1. The Labute approximate surface area is 198 Å². The number of aromatic amines is 1. The van der Waals surface area contributed by atoms with Crippen molar-refractivity contribution in [3.8, 4) is 11.5 Å². The quantitative estimate of drug-likeness (QED) is 0.228. The van der Waals surface area contributed by atoms with Crippen molar-refractivity contribution in [1.29, 1.82) is 0 Å². The minimum absolute atomic E-state index is 0. The summed E-state index contributed by atoms with van der Waals surface area (Å²) in [6.45, 7) is 1.24. The second-order valence-electron chi connectivity index (χ2n) is 7.63. The van der Waals surface area contributed by atoms with Crippen LogP contribution in [-0.4, -0.2) is 49.6 Å². The Balaban J connectivity index is 0.00000306. The van der Waals surface area contributed by atoms with Crippen LogP contribution >= 0.6 is 12.4 Å². The SMILES string of the molecule is CS(=O)(=O)Nc1cccc(C(O)CNCCOc2ccc3c(c2)[nH]c2cc(O)ccc23)c1.Cl. The van der Waals surface area contributed by atoms with Crippen LogP contribution in [0.3, 0.4) is 0 Å². The average Bonchev–Trinajstić information content (AvgIpc) is 3.08. The Morgan fingerprint density at radius 3 is 2.52 bits per heavy atom. The Kier molecular flexibility index (Phi) is 7.70. The Morgan fingerprint density at radius 1 is 1.03 bits per heavy atom. The molecule has 4 aromatic rings. The summed E-state index contributed by atoms with van der Waals surface area (Å²) < 4.78 is 30.9. The molecule has 10 heteroatoms. The molecule has 0 aliphatic carbocycles. The summed E-state index contributed by atoms with van der Waals surface area (Å²) in [5.41, 5.74) is 2.81. The zero-order chi connectivity index (χ0) is 22.7. The second kappa shape index (κ2) is 10.3. The molecule has 8 nitrogen and oxygen atoms in total. The van der Waals surface area contributed by atoms with Gasteiger partial charge in [-0.25, -0.2) is 8.42 Å². The van der Waals surface area contributed by atoms with Crippen LogP contribution in [0.4, 0.5) is 5.69 Å². The molecule has 1 heterocycles. The van der Waals surface area contributed by atoms with Gasteiger partial charge >= 0.3 is 0 Å². The summed E-state index contributed by atoms with van der Waals surface area (Å²) >= 11 is 0. The van der Waals surface area contributed by atoms with E-state index in [2.05, 4.69) is 15.0 Å². The molecule has 5 N–H and O–H groups in total. The molecule has 0 spiro atoms. The number of benzene rings is 3. The van der Waals surface area contributed by atoms with Crippen LogP contribution in [0.5, 0.6) is 11.5 Å². The fourth-order valence-electron chi connectivity index (χ4n) is 3.59. The molecular formula is C23H26ClN3O5S. The monoisotopic (exact) mass is 491 g/mol. The standard InChI is InChI=1S/C23H25N3O5S.ClH/c1-32(29,30)26-16-4-2-3-15(11-16)23(28)14-24-9-10-31-18-6-8-20-19-7-5-17(27)12-21(19)25-22(20)13-18;/h2-8,11-13,23-28H,9-10,14H2,1H3;1H. The normalized spacial score (nSPS) is 12.4. The van der Waals surface area contributed by atoms with Crippen LogP contribution in [0.1, 0.15) is 11.7 Å². The number of aliphatic hydroxyl groups is 1. The minimum Gasteiger partial charge on any atom is -0.508 e. The van der Waals surface area contributed by atoms with Crippen molar-refractivity contribution in [2.45, 2.75) is 6.10 Å². The lowest BCUT2D eigenvalue weighted by Crippen LogP contribution is -2.26. The molecule has 0 aliphatic heterocycles. The Bertz CT molecular complexity index is 1360. The number of rotatable bonds is 9. The van der Waals surface area contributed by atoms with Crippen LogP contribution in [0.15, 0.2) is 60.7 Å². The van der Waals surface area contributed by atoms with Crippen LogP contribution in [0.25, 0.3) is 21.8 Å². The van der Waals surface area contributed by atoms with Gasteiger partial charge in [0, 0.05) is 41.7 Å². The van der Waals surface area contributed by atoms with E-state index >= 15 is 0 Å². The number of aromatic nitrogens is 1. The van der Waals surface area contributed by atoms with E-state index in [1.807, 2.05) is 24.3 Å². The highest BCUT2D eigenvalue weighted by Crippen LogP contribution is 2.30. The number of aromatic hydroxyl groups is 1. The van der Waals surface area contributed by atoms with Gasteiger partial charge in [0.25, 0.3) is 0 Å². The summed E-state index contributed by atoms with van der Waals surface area (Å²) in [6, 6.07) is 17.7. The summed E-state index contributed by atoms with van der Waals surface area (Å²) in [4.78, 5) is 3.28. The molecule has 4 rings (SSSR count). The van der Waals surface area contributed by atoms with Crippen LogP contribution in [0, 0.1) is 0 Å². The third-order valence-electron chi connectivity index (χ3n) is 5.01. The smallest absolute Gasteiger partial charge is 0.229 e. The first-order valence-electron chi connectivity index (χ1n) is 10.1. The van der Waals surface area contributed by atoms with E-state index in [0.29, 0.717) is 30.9 Å². The molecule has 0 aliphatic rings. The maximum Gasteiger partial charge on any atom is 0.229 e. The number of hydrogen-bond acceptors (Lipinski definition) is 6. The van der Waals surface area contributed by atoms with Crippen LogP contribution < -0.4 is 14.8 Å². The van der Waals surface area contributed by atoms with Gasteiger partial charge in [0.1, 0.15) is 18.1 Å². The molecule has 33 heavy (non-hydrogen) atoms. The van der Waals surface area contributed by atoms with Gasteiger partial charge in [-0.15, -0.1) is 12.4 Å². The Hall–Kier alpha value is -2.98. The largest absolute Gasteiger partial charge is 0.508 e. The number of nitrogens with one attached hydrogen (secondary N) is 3. The summed E-state index contributed by atoms with van der Waals surface area (Å²) in [6.07, 6.45) is 0.300. The highest BCUT2D eigenvalue weighted by molar-refractivity contribution is 7.92. The number of fused-ring (bicyclic) bond motifs is 3. The van der Waals surface area contributed by atoms with E-state index < -0.39 is 16.1 Å². The lowest BCUT2D eigenvalue weighted by Gasteiger charge is -2.14. The van der Waals surface area contributed by atoms with Gasteiger partial charge in [-0.1, -0.05) is 12.1 Å². The lowest BCUT2D eigenvalue weighted by molar-refractivity contribution is 0.172. The van der Waals surface area contributed by atoms with E-state index in [0.717, 1.165) is 33.8 Å². The fraction of sp³-hybridized carbons (Fsp3) is 0.217. The van der Waals surface area contributed by atoms with Gasteiger partial charge in [0.15, 0.2) is 0 Å². The van der Waals surface area contributed by atoms with Gasteiger partial charge in [-0.3, -0.25) is 4.72 Å². The zero-order valence-corrected chi connectivity index (χ0v) is 19.5. The summed E-state index contributed by atoms with van der Waals surface area (Å²) in [7, 11) is -3.37. The molecule has 0 fully saturated rings. The molecule has 1 atom stereocenters. The number of aliphatic hydroxyl groups excluding tert-OH is 1. The van der Waals surface area contributed by atoms with Gasteiger partial charge in [0.2, 0.25) is 10.0 Å². The van der Waals surface area contributed by atoms with Crippen molar-refractivity contribution >= 4 is 49.9 Å². The predicted molar refractivity (Wildman–Crippen MR) is 133 cm³/mol. The summed E-state index contributed by atoms with van der Waals surface area (Å²) in [5, 5.41) is 25.2. The molecular weight excluding hydrogens is 466 g/mol. The highest BCUT2D eigenvalue weighted by atomic mass is 35.5. The molecule has 0 radical (unpaired) electrons. The predicted octanol–water partition coefficient (Wildman–Crippen LogP) is 3.52.